The number of halogens is 1. The van der Waals surface area contributed by atoms with Crippen LogP contribution in [-0.2, 0) is 9.59 Å². The Morgan fingerprint density at radius 2 is 1.63 bits per heavy atom. The number of carbonyl (C=O) groups excluding carboxylic acids is 2. The molecule has 1 N–H and O–H groups in total. The third kappa shape index (κ3) is 2.72. The Morgan fingerprint density at radius 3 is 2.11 bits per heavy atom. The van der Waals surface area contributed by atoms with E-state index >= 15 is 0 Å². The second kappa shape index (κ2) is 5.43. The Hall–Kier alpha value is -1.20. The summed E-state index contributed by atoms with van der Waals surface area (Å²) in [5.41, 5.74) is 0.691. The largest absolute Gasteiger partial charge is 0.387 e. The van der Waals surface area contributed by atoms with Crippen molar-refractivity contribution in [3.8, 4) is 0 Å². The molecule has 2 amide bonds. The fraction of sp³-hybridized carbons (Fsp3) is 0.429. The van der Waals surface area contributed by atoms with Gasteiger partial charge in [0.1, 0.15) is 0 Å². The molecule has 3 atom stereocenters. The van der Waals surface area contributed by atoms with Crippen molar-refractivity contribution in [3.05, 3.63) is 34.3 Å². The Morgan fingerprint density at radius 1 is 1.16 bits per heavy atom. The molecule has 1 aliphatic heterocycles. The fourth-order valence-corrected chi connectivity index (χ4v) is 2.44. The zero-order valence-corrected chi connectivity index (χ0v) is 12.4. The number of amides is 2. The number of likely N-dealkylation sites (tertiary alicyclic amines) is 1. The van der Waals surface area contributed by atoms with Crippen LogP contribution in [0.15, 0.2) is 28.7 Å². The van der Waals surface area contributed by atoms with Gasteiger partial charge in [-0.15, -0.1) is 0 Å². The highest BCUT2D eigenvalue weighted by atomic mass is 79.9. The van der Waals surface area contributed by atoms with Crippen LogP contribution >= 0.6 is 15.9 Å². The van der Waals surface area contributed by atoms with Crippen molar-refractivity contribution >= 4 is 27.7 Å². The lowest BCUT2D eigenvalue weighted by molar-refractivity contribution is -0.141. The predicted molar refractivity (Wildman–Crippen MR) is 74.1 cm³/mol. The molecule has 1 aromatic rings. The number of hydrogen-bond acceptors (Lipinski definition) is 3. The molecule has 4 nitrogen and oxygen atoms in total. The fourth-order valence-electron chi connectivity index (χ4n) is 2.17. The molecule has 0 spiro atoms. The molecule has 1 heterocycles. The highest BCUT2D eigenvalue weighted by Crippen LogP contribution is 2.27. The maximum absolute atomic E-state index is 11.9. The van der Waals surface area contributed by atoms with E-state index in [-0.39, 0.29) is 30.2 Å². The molecule has 0 saturated carbocycles. The molecular formula is C14H16BrNO3. The van der Waals surface area contributed by atoms with Crippen LogP contribution in [0.3, 0.4) is 0 Å². The van der Waals surface area contributed by atoms with Crippen molar-refractivity contribution < 1.29 is 14.7 Å². The van der Waals surface area contributed by atoms with E-state index in [9.17, 15) is 14.7 Å². The SMILES string of the molecule is C[C@@H]1C(=O)N(C[C@@H](O)c2ccc(Br)cc2)C(=O)[C@H]1C. The first-order valence-corrected chi connectivity index (χ1v) is 7.00. The van der Waals surface area contributed by atoms with Gasteiger partial charge in [-0.25, -0.2) is 0 Å². The number of benzene rings is 1. The summed E-state index contributed by atoms with van der Waals surface area (Å²) < 4.78 is 0.916. The summed E-state index contributed by atoms with van der Waals surface area (Å²) in [6, 6.07) is 7.17. The van der Waals surface area contributed by atoms with Crippen LogP contribution in [0.1, 0.15) is 25.5 Å². The maximum Gasteiger partial charge on any atom is 0.232 e. The number of carbonyl (C=O) groups is 2. The van der Waals surface area contributed by atoms with Crippen LogP contribution in [0.5, 0.6) is 0 Å². The highest BCUT2D eigenvalue weighted by molar-refractivity contribution is 9.10. The van der Waals surface area contributed by atoms with Crippen LogP contribution in [-0.4, -0.2) is 28.4 Å². The third-order valence-electron chi connectivity index (χ3n) is 3.67. The second-order valence-electron chi connectivity index (χ2n) is 4.93. The molecule has 0 aromatic heterocycles. The average Bonchev–Trinajstić information content (AvgIpc) is 2.57. The summed E-state index contributed by atoms with van der Waals surface area (Å²) in [7, 11) is 0. The summed E-state index contributed by atoms with van der Waals surface area (Å²) in [5, 5.41) is 10.1. The van der Waals surface area contributed by atoms with E-state index < -0.39 is 6.10 Å². The highest BCUT2D eigenvalue weighted by Gasteiger charge is 2.42. The number of rotatable bonds is 3. The van der Waals surface area contributed by atoms with Gasteiger partial charge in [0.2, 0.25) is 11.8 Å². The van der Waals surface area contributed by atoms with E-state index in [1.54, 1.807) is 26.0 Å². The van der Waals surface area contributed by atoms with E-state index in [1.807, 2.05) is 12.1 Å². The van der Waals surface area contributed by atoms with Gasteiger partial charge in [-0.1, -0.05) is 41.9 Å². The maximum atomic E-state index is 11.9. The monoisotopic (exact) mass is 325 g/mol. The Labute approximate surface area is 120 Å². The van der Waals surface area contributed by atoms with Crippen molar-refractivity contribution in [1.82, 2.24) is 4.90 Å². The van der Waals surface area contributed by atoms with Gasteiger partial charge in [0, 0.05) is 16.3 Å². The third-order valence-corrected chi connectivity index (χ3v) is 4.20. The minimum atomic E-state index is -0.849. The molecule has 0 bridgehead atoms. The molecule has 1 aliphatic rings. The molecule has 1 saturated heterocycles. The van der Waals surface area contributed by atoms with Gasteiger partial charge < -0.3 is 5.11 Å². The Balaban J connectivity index is 2.11. The van der Waals surface area contributed by atoms with Crippen LogP contribution < -0.4 is 0 Å². The van der Waals surface area contributed by atoms with Gasteiger partial charge in [0.15, 0.2) is 0 Å². The predicted octanol–water partition coefficient (Wildman–Crippen LogP) is 2.12. The average molecular weight is 326 g/mol. The smallest absolute Gasteiger partial charge is 0.232 e. The Kier molecular flexibility index (Phi) is 4.06. The van der Waals surface area contributed by atoms with E-state index in [2.05, 4.69) is 15.9 Å². The number of imide groups is 1. The number of hydrogen-bond donors (Lipinski definition) is 1. The lowest BCUT2D eigenvalue weighted by atomic mass is 10.00. The standard InChI is InChI=1S/C14H16BrNO3/c1-8-9(2)14(19)16(13(8)18)7-12(17)10-3-5-11(15)6-4-10/h3-6,8-9,12,17H,7H2,1-2H3/t8-,9-,12+/m0/s1. The molecule has 1 fully saturated rings. The molecule has 0 unspecified atom stereocenters. The normalized spacial score (nSPS) is 24.9. The minimum absolute atomic E-state index is 0.0218. The number of aliphatic hydroxyl groups excluding tert-OH is 1. The summed E-state index contributed by atoms with van der Waals surface area (Å²) in [4.78, 5) is 25.0. The van der Waals surface area contributed by atoms with Gasteiger partial charge in [-0.3, -0.25) is 14.5 Å². The molecule has 19 heavy (non-hydrogen) atoms. The first-order chi connectivity index (χ1) is 8.91. The van der Waals surface area contributed by atoms with E-state index in [0.29, 0.717) is 5.56 Å². The molecule has 5 heteroatoms. The summed E-state index contributed by atoms with van der Waals surface area (Å²) in [5.74, 6) is -1.00. The number of nitrogens with zero attached hydrogens (tertiary/aromatic N) is 1. The molecule has 0 aliphatic carbocycles. The minimum Gasteiger partial charge on any atom is -0.387 e. The van der Waals surface area contributed by atoms with Gasteiger partial charge in [-0.05, 0) is 17.7 Å². The number of aliphatic hydroxyl groups is 1. The summed E-state index contributed by atoms with van der Waals surface area (Å²) in [6.45, 7) is 3.52. The molecular weight excluding hydrogens is 310 g/mol. The van der Waals surface area contributed by atoms with E-state index in [4.69, 9.17) is 0 Å². The van der Waals surface area contributed by atoms with Gasteiger partial charge >= 0.3 is 0 Å². The van der Waals surface area contributed by atoms with Crippen molar-refractivity contribution in [1.29, 1.82) is 0 Å². The van der Waals surface area contributed by atoms with Crippen LogP contribution in [0.2, 0.25) is 0 Å². The van der Waals surface area contributed by atoms with Crippen LogP contribution in [0.4, 0.5) is 0 Å². The second-order valence-corrected chi connectivity index (χ2v) is 5.85. The molecule has 0 radical (unpaired) electrons. The Bertz CT molecular complexity index is 480. The lowest BCUT2D eigenvalue weighted by Gasteiger charge is -2.19. The summed E-state index contributed by atoms with van der Waals surface area (Å²) >= 11 is 3.32. The van der Waals surface area contributed by atoms with E-state index in [1.165, 1.54) is 4.90 Å². The van der Waals surface area contributed by atoms with Crippen molar-refractivity contribution in [2.24, 2.45) is 11.8 Å². The van der Waals surface area contributed by atoms with E-state index in [0.717, 1.165) is 4.47 Å². The van der Waals surface area contributed by atoms with Gasteiger partial charge in [-0.2, -0.15) is 0 Å². The molecule has 1 aromatic carbocycles. The first kappa shape index (κ1) is 14.2. The van der Waals surface area contributed by atoms with Crippen molar-refractivity contribution in [3.63, 3.8) is 0 Å². The molecule has 102 valence electrons. The van der Waals surface area contributed by atoms with Crippen molar-refractivity contribution in [2.75, 3.05) is 6.54 Å². The van der Waals surface area contributed by atoms with Gasteiger partial charge in [0.25, 0.3) is 0 Å². The molecule has 2 rings (SSSR count). The summed E-state index contributed by atoms with van der Waals surface area (Å²) in [6.07, 6.45) is -0.849. The zero-order chi connectivity index (χ0) is 14.2. The number of β-amino-alcohol motifs (C(OH)–C–C–N with tert-alkyl or cyclic N) is 1. The van der Waals surface area contributed by atoms with Crippen LogP contribution in [0.25, 0.3) is 0 Å². The quantitative estimate of drug-likeness (QED) is 0.866. The first-order valence-electron chi connectivity index (χ1n) is 6.20. The van der Waals surface area contributed by atoms with Crippen molar-refractivity contribution in [2.45, 2.75) is 20.0 Å². The van der Waals surface area contributed by atoms with Crippen LogP contribution in [0, 0.1) is 11.8 Å². The lowest BCUT2D eigenvalue weighted by Crippen LogP contribution is -2.34. The zero-order valence-electron chi connectivity index (χ0n) is 10.8. The van der Waals surface area contributed by atoms with Gasteiger partial charge in [0.05, 0.1) is 12.6 Å². The topological polar surface area (TPSA) is 57.6 Å².